The summed E-state index contributed by atoms with van der Waals surface area (Å²) in [4.78, 5) is 83.0. The maximum Gasteiger partial charge on any atom is 0.329 e. The molecule has 1 rings (SSSR count). The number of esters is 2. The van der Waals surface area contributed by atoms with Crippen LogP contribution in [0.2, 0.25) is 0 Å². The molecule has 1 fully saturated rings. The SMILES string of the molecule is CC(C)CC1NC(=O)C(C(C)C)NC(=O)C(C(C)C)OC(=O)C(CC(C)C)N(C)C(=O)C(C(C)C)NC(=O)C(C(C)C)OC1=O. The maximum atomic E-state index is 13.9. The molecule has 1 aliphatic rings. The third kappa shape index (κ3) is 11.6. The van der Waals surface area contributed by atoms with Crippen LogP contribution in [0.15, 0.2) is 0 Å². The molecule has 0 aromatic rings. The first-order valence-electron chi connectivity index (χ1n) is 16.3. The van der Waals surface area contributed by atoms with Crippen molar-refractivity contribution in [2.24, 2.45) is 35.5 Å². The number of cyclic esters (lactones) is 2. The van der Waals surface area contributed by atoms with E-state index in [2.05, 4.69) is 16.0 Å². The van der Waals surface area contributed by atoms with Gasteiger partial charge in [-0.25, -0.2) is 9.59 Å². The molecule has 0 bridgehead atoms. The minimum atomic E-state index is -1.26. The van der Waals surface area contributed by atoms with Gasteiger partial charge in [0.2, 0.25) is 11.8 Å². The third-order valence-electron chi connectivity index (χ3n) is 7.78. The van der Waals surface area contributed by atoms with Crippen LogP contribution in [0.5, 0.6) is 0 Å². The number of likely N-dealkylation sites (N-methyl/N-ethyl adjacent to an activating group) is 1. The fourth-order valence-corrected chi connectivity index (χ4v) is 5.09. The molecule has 0 saturated carbocycles. The lowest BCUT2D eigenvalue weighted by Crippen LogP contribution is -2.59. The summed E-state index contributed by atoms with van der Waals surface area (Å²) in [5.74, 6) is -5.77. The lowest BCUT2D eigenvalue weighted by Gasteiger charge is -2.35. The van der Waals surface area contributed by atoms with E-state index in [9.17, 15) is 28.8 Å². The quantitative estimate of drug-likeness (QED) is 0.342. The number of rotatable bonds is 8. The fourth-order valence-electron chi connectivity index (χ4n) is 5.09. The topological polar surface area (TPSA) is 160 Å². The minimum Gasteiger partial charge on any atom is -0.450 e. The molecule has 0 aromatic carbocycles. The number of hydrogen-bond acceptors (Lipinski definition) is 8. The molecule has 0 radical (unpaired) electrons. The van der Waals surface area contributed by atoms with Gasteiger partial charge in [-0.05, 0) is 48.3 Å². The first-order chi connectivity index (χ1) is 20.7. The zero-order valence-corrected chi connectivity index (χ0v) is 29.6. The van der Waals surface area contributed by atoms with Gasteiger partial charge in [0.25, 0.3) is 11.8 Å². The first-order valence-corrected chi connectivity index (χ1v) is 16.3. The van der Waals surface area contributed by atoms with Crippen molar-refractivity contribution in [2.45, 2.75) is 132 Å². The summed E-state index contributed by atoms with van der Waals surface area (Å²) in [7, 11) is 1.47. The van der Waals surface area contributed by atoms with Gasteiger partial charge in [-0.2, -0.15) is 0 Å². The molecule has 1 aliphatic heterocycles. The summed E-state index contributed by atoms with van der Waals surface area (Å²) < 4.78 is 11.5. The van der Waals surface area contributed by atoms with Gasteiger partial charge in [0, 0.05) is 7.05 Å². The van der Waals surface area contributed by atoms with Crippen molar-refractivity contribution >= 4 is 35.6 Å². The van der Waals surface area contributed by atoms with Crippen LogP contribution in [-0.2, 0) is 38.2 Å². The minimum absolute atomic E-state index is 0.0217. The summed E-state index contributed by atoms with van der Waals surface area (Å²) in [5, 5.41) is 8.19. The Kier molecular flexibility index (Phi) is 15.5. The Hall–Kier alpha value is -3.18. The summed E-state index contributed by atoms with van der Waals surface area (Å²) >= 11 is 0. The number of nitrogens with zero attached hydrogens (tertiary/aromatic N) is 1. The Bertz CT molecular complexity index is 1060. The summed E-state index contributed by atoms with van der Waals surface area (Å²) in [6.45, 7) is 21.4. The van der Waals surface area contributed by atoms with E-state index in [4.69, 9.17) is 9.47 Å². The summed E-state index contributed by atoms with van der Waals surface area (Å²) in [5.41, 5.74) is 0. The second kappa shape index (κ2) is 17.5. The van der Waals surface area contributed by atoms with E-state index in [0.717, 1.165) is 0 Å². The number of carbonyl (C=O) groups excluding carboxylic acids is 6. The molecular weight excluding hydrogens is 580 g/mol. The molecule has 1 heterocycles. The Balaban J connectivity index is 3.79. The van der Waals surface area contributed by atoms with Crippen LogP contribution in [0.25, 0.3) is 0 Å². The highest BCUT2D eigenvalue weighted by Crippen LogP contribution is 2.20. The van der Waals surface area contributed by atoms with Crippen molar-refractivity contribution in [3.05, 3.63) is 0 Å². The normalized spacial score (nSPS) is 27.0. The fraction of sp³-hybridized carbons (Fsp3) is 0.818. The number of amides is 4. The summed E-state index contributed by atoms with van der Waals surface area (Å²) in [6, 6.07) is -4.27. The summed E-state index contributed by atoms with van der Waals surface area (Å²) in [6.07, 6.45) is -2.05. The predicted octanol–water partition coefficient (Wildman–Crippen LogP) is 2.82. The number of ether oxygens (including phenoxy) is 2. The molecule has 1 saturated heterocycles. The van der Waals surface area contributed by atoms with E-state index in [-0.39, 0.29) is 30.6 Å². The van der Waals surface area contributed by atoms with Crippen LogP contribution < -0.4 is 16.0 Å². The molecule has 0 aliphatic carbocycles. The van der Waals surface area contributed by atoms with Gasteiger partial charge >= 0.3 is 11.9 Å². The van der Waals surface area contributed by atoms with Gasteiger partial charge in [0.05, 0.1) is 0 Å². The molecule has 6 unspecified atom stereocenters. The van der Waals surface area contributed by atoms with Crippen molar-refractivity contribution in [2.75, 3.05) is 7.05 Å². The first kappa shape index (κ1) is 39.8. The molecule has 6 atom stereocenters. The zero-order chi connectivity index (χ0) is 34.9. The monoisotopic (exact) mass is 638 g/mol. The highest BCUT2D eigenvalue weighted by molar-refractivity contribution is 5.95. The molecule has 3 N–H and O–H groups in total. The van der Waals surface area contributed by atoms with Crippen LogP contribution in [-0.4, -0.2) is 83.9 Å². The van der Waals surface area contributed by atoms with Crippen LogP contribution in [0.1, 0.15) is 95.9 Å². The molecule has 0 aromatic heterocycles. The maximum absolute atomic E-state index is 13.9. The van der Waals surface area contributed by atoms with Crippen molar-refractivity contribution in [3.63, 3.8) is 0 Å². The number of carbonyl (C=O) groups is 6. The molecule has 12 heteroatoms. The lowest BCUT2D eigenvalue weighted by molar-refractivity contribution is -0.167. The van der Waals surface area contributed by atoms with Crippen molar-refractivity contribution in [1.29, 1.82) is 0 Å². The standard InChI is InChI=1S/C33H58N4O8/c1-16(2)14-22-32(42)44-26(20(9)10)30(40)36-25(19(7)8)31(41)37(13)23(15-17(3)4)33(43)45-27(21(11)12)29(39)35-24(18(5)6)28(38)34-22/h16-27H,14-15H2,1-13H3,(H,34,38)(H,35,39)(H,36,40). The Morgan fingerprint density at radius 1 is 0.556 bits per heavy atom. The average molecular weight is 639 g/mol. The van der Waals surface area contributed by atoms with Gasteiger partial charge in [-0.15, -0.1) is 0 Å². The van der Waals surface area contributed by atoms with E-state index in [1.54, 1.807) is 55.4 Å². The van der Waals surface area contributed by atoms with E-state index >= 15 is 0 Å². The Morgan fingerprint density at radius 2 is 0.978 bits per heavy atom. The van der Waals surface area contributed by atoms with E-state index < -0.39 is 89.7 Å². The van der Waals surface area contributed by atoms with Gasteiger partial charge in [0.15, 0.2) is 12.2 Å². The molecular formula is C33H58N4O8. The molecule has 4 amide bonds. The van der Waals surface area contributed by atoms with Crippen molar-refractivity contribution < 1.29 is 38.2 Å². The molecule has 258 valence electrons. The molecule has 12 nitrogen and oxygen atoms in total. The van der Waals surface area contributed by atoms with Gasteiger partial charge in [-0.1, -0.05) is 83.1 Å². The zero-order valence-electron chi connectivity index (χ0n) is 29.6. The highest BCUT2D eigenvalue weighted by atomic mass is 16.6. The number of nitrogens with one attached hydrogen (secondary N) is 3. The van der Waals surface area contributed by atoms with Gasteiger partial charge in [0.1, 0.15) is 24.2 Å². The highest BCUT2D eigenvalue weighted by Gasteiger charge is 2.41. The van der Waals surface area contributed by atoms with Crippen LogP contribution in [0.4, 0.5) is 0 Å². The van der Waals surface area contributed by atoms with Gasteiger partial charge < -0.3 is 30.3 Å². The van der Waals surface area contributed by atoms with E-state index in [1.807, 2.05) is 27.7 Å². The van der Waals surface area contributed by atoms with Crippen molar-refractivity contribution in [3.8, 4) is 0 Å². The van der Waals surface area contributed by atoms with Crippen LogP contribution in [0, 0.1) is 35.5 Å². The largest absolute Gasteiger partial charge is 0.450 e. The smallest absolute Gasteiger partial charge is 0.329 e. The lowest BCUT2D eigenvalue weighted by atomic mass is 9.97. The second-order valence-electron chi connectivity index (χ2n) is 14.4. The van der Waals surface area contributed by atoms with E-state index in [1.165, 1.54) is 11.9 Å². The van der Waals surface area contributed by atoms with E-state index in [0.29, 0.717) is 0 Å². The Labute approximate surface area is 269 Å². The van der Waals surface area contributed by atoms with Gasteiger partial charge in [-0.3, -0.25) is 19.2 Å². The van der Waals surface area contributed by atoms with Crippen LogP contribution in [0.3, 0.4) is 0 Å². The predicted molar refractivity (Wildman–Crippen MR) is 170 cm³/mol. The third-order valence-corrected chi connectivity index (χ3v) is 7.78. The second-order valence-corrected chi connectivity index (χ2v) is 14.4. The Morgan fingerprint density at radius 3 is 1.38 bits per heavy atom. The number of hydrogen-bond donors (Lipinski definition) is 3. The average Bonchev–Trinajstić information content (AvgIpc) is 2.91. The van der Waals surface area contributed by atoms with Crippen LogP contribution >= 0.6 is 0 Å². The molecule has 45 heavy (non-hydrogen) atoms. The molecule has 0 spiro atoms. The van der Waals surface area contributed by atoms with Crippen molar-refractivity contribution in [1.82, 2.24) is 20.9 Å².